The van der Waals surface area contributed by atoms with E-state index in [2.05, 4.69) is 31.9 Å². The fourth-order valence-corrected chi connectivity index (χ4v) is 1.70. The summed E-state index contributed by atoms with van der Waals surface area (Å²) in [5.74, 6) is -0.196. The molecule has 0 aromatic heterocycles. The number of halogens is 3. The van der Waals surface area contributed by atoms with E-state index >= 15 is 0 Å². The number of rotatable bonds is 2. The van der Waals surface area contributed by atoms with Gasteiger partial charge >= 0.3 is 0 Å². The van der Waals surface area contributed by atoms with E-state index in [1.54, 1.807) is 12.1 Å². The van der Waals surface area contributed by atoms with Gasteiger partial charge in [-0.3, -0.25) is 4.90 Å². The summed E-state index contributed by atoms with van der Waals surface area (Å²) in [4.78, 5) is 1.80. The molecule has 0 radical (unpaired) electrons. The summed E-state index contributed by atoms with van der Waals surface area (Å²) in [6.45, 7) is 0. The molecule has 0 bridgehead atoms. The number of hydrogen-bond acceptors (Lipinski definition) is 1. The van der Waals surface area contributed by atoms with Gasteiger partial charge in [0, 0.05) is 10.0 Å². The molecule has 1 aromatic carbocycles. The van der Waals surface area contributed by atoms with Crippen LogP contribution in [0.1, 0.15) is 10.5 Å². The summed E-state index contributed by atoms with van der Waals surface area (Å²) in [6.07, 6.45) is 0. The van der Waals surface area contributed by atoms with Crippen LogP contribution in [0.25, 0.3) is 0 Å². The molecular formula is C9H10Br2FN. The number of benzene rings is 1. The van der Waals surface area contributed by atoms with Crippen molar-refractivity contribution in [3.63, 3.8) is 0 Å². The molecule has 1 atom stereocenters. The lowest BCUT2D eigenvalue weighted by atomic mass is 10.2. The van der Waals surface area contributed by atoms with Gasteiger partial charge in [-0.25, -0.2) is 4.39 Å². The Bertz CT molecular complexity index is 302. The molecule has 0 aliphatic heterocycles. The fourth-order valence-electron chi connectivity index (χ4n) is 0.975. The molecule has 0 fully saturated rings. The van der Waals surface area contributed by atoms with Crippen LogP contribution in [0.2, 0.25) is 0 Å². The van der Waals surface area contributed by atoms with Crippen LogP contribution in [0, 0.1) is 5.82 Å². The van der Waals surface area contributed by atoms with Gasteiger partial charge in [-0.1, -0.05) is 31.9 Å². The first-order valence-corrected chi connectivity index (χ1v) is 5.48. The lowest BCUT2D eigenvalue weighted by Gasteiger charge is -2.18. The van der Waals surface area contributed by atoms with Gasteiger partial charge in [0.2, 0.25) is 0 Å². The third-order valence-corrected chi connectivity index (χ3v) is 3.47. The molecule has 0 heterocycles. The maximum Gasteiger partial charge on any atom is 0.128 e. The summed E-state index contributed by atoms with van der Waals surface area (Å²) >= 11 is 6.71. The molecule has 0 N–H and O–H groups in total. The standard InChI is InChI=1S/C9H10Br2FN/c1-13(2)9(11)7-5-6(10)3-4-8(7)12/h3-5,9H,1-2H3. The van der Waals surface area contributed by atoms with Crippen LogP contribution in [-0.4, -0.2) is 19.0 Å². The zero-order valence-electron chi connectivity index (χ0n) is 7.39. The minimum Gasteiger partial charge on any atom is -0.293 e. The lowest BCUT2D eigenvalue weighted by Crippen LogP contribution is -2.15. The predicted molar refractivity (Wildman–Crippen MR) is 59.5 cm³/mol. The van der Waals surface area contributed by atoms with E-state index < -0.39 is 0 Å². The monoisotopic (exact) mass is 309 g/mol. The molecule has 1 rings (SSSR count). The van der Waals surface area contributed by atoms with Crippen molar-refractivity contribution in [1.82, 2.24) is 4.90 Å². The average Bonchev–Trinajstić information content (AvgIpc) is 2.08. The van der Waals surface area contributed by atoms with Crippen molar-refractivity contribution in [2.24, 2.45) is 0 Å². The Balaban J connectivity index is 3.05. The molecular weight excluding hydrogens is 301 g/mol. The molecule has 0 spiro atoms. The van der Waals surface area contributed by atoms with E-state index in [-0.39, 0.29) is 10.8 Å². The second kappa shape index (κ2) is 4.53. The van der Waals surface area contributed by atoms with E-state index in [0.717, 1.165) is 4.47 Å². The molecule has 1 unspecified atom stereocenters. The Morgan fingerprint density at radius 3 is 2.54 bits per heavy atom. The smallest absolute Gasteiger partial charge is 0.128 e. The second-order valence-electron chi connectivity index (χ2n) is 2.97. The second-order valence-corrected chi connectivity index (χ2v) is 4.75. The van der Waals surface area contributed by atoms with E-state index in [9.17, 15) is 4.39 Å². The van der Waals surface area contributed by atoms with Gasteiger partial charge in [-0.15, -0.1) is 0 Å². The van der Waals surface area contributed by atoms with E-state index in [4.69, 9.17) is 0 Å². The molecule has 0 amide bonds. The van der Waals surface area contributed by atoms with Gasteiger partial charge in [0.15, 0.2) is 0 Å². The van der Waals surface area contributed by atoms with Crippen molar-refractivity contribution in [3.8, 4) is 0 Å². The maximum absolute atomic E-state index is 13.3. The Hall–Kier alpha value is 0.0700. The minimum atomic E-state index is -0.196. The molecule has 4 heteroatoms. The first kappa shape index (κ1) is 11.1. The van der Waals surface area contributed by atoms with Gasteiger partial charge < -0.3 is 0 Å². The Morgan fingerprint density at radius 1 is 1.38 bits per heavy atom. The van der Waals surface area contributed by atoms with Crippen molar-refractivity contribution < 1.29 is 4.39 Å². The first-order valence-electron chi connectivity index (χ1n) is 3.78. The number of nitrogens with zero attached hydrogens (tertiary/aromatic N) is 1. The highest BCUT2D eigenvalue weighted by Gasteiger charge is 2.14. The van der Waals surface area contributed by atoms with Gasteiger partial charge in [0.1, 0.15) is 5.82 Å². The lowest BCUT2D eigenvalue weighted by molar-refractivity contribution is 0.388. The highest BCUT2D eigenvalue weighted by Crippen LogP contribution is 2.29. The first-order chi connectivity index (χ1) is 6.02. The molecule has 1 nitrogen and oxygen atoms in total. The summed E-state index contributed by atoms with van der Waals surface area (Å²) in [7, 11) is 3.78. The molecule has 13 heavy (non-hydrogen) atoms. The summed E-state index contributed by atoms with van der Waals surface area (Å²) in [5, 5.41) is 0. The molecule has 0 aliphatic rings. The fraction of sp³-hybridized carbons (Fsp3) is 0.333. The van der Waals surface area contributed by atoms with Crippen LogP contribution < -0.4 is 0 Å². The van der Waals surface area contributed by atoms with E-state index in [1.165, 1.54) is 6.07 Å². The Labute approximate surface area is 94.2 Å². The largest absolute Gasteiger partial charge is 0.293 e. The summed E-state index contributed by atoms with van der Waals surface area (Å²) in [5.41, 5.74) is 0.638. The van der Waals surface area contributed by atoms with Crippen LogP contribution in [0.15, 0.2) is 22.7 Å². The number of alkyl halides is 1. The highest BCUT2D eigenvalue weighted by molar-refractivity contribution is 9.10. The summed E-state index contributed by atoms with van der Waals surface area (Å²) in [6, 6.07) is 4.92. The zero-order valence-corrected chi connectivity index (χ0v) is 10.6. The van der Waals surface area contributed by atoms with Crippen LogP contribution in [0.3, 0.4) is 0 Å². The van der Waals surface area contributed by atoms with Gasteiger partial charge in [0.25, 0.3) is 0 Å². The van der Waals surface area contributed by atoms with Crippen molar-refractivity contribution in [3.05, 3.63) is 34.1 Å². The zero-order chi connectivity index (χ0) is 10.0. The van der Waals surface area contributed by atoms with E-state index in [0.29, 0.717) is 5.56 Å². The van der Waals surface area contributed by atoms with Crippen LogP contribution >= 0.6 is 31.9 Å². The predicted octanol–water partition coefficient (Wildman–Crippen LogP) is 3.54. The normalized spacial score (nSPS) is 13.4. The number of hydrogen-bond donors (Lipinski definition) is 0. The van der Waals surface area contributed by atoms with Gasteiger partial charge in [0.05, 0.1) is 4.95 Å². The third kappa shape index (κ3) is 2.76. The minimum absolute atomic E-state index is 0.0926. The molecule has 0 saturated carbocycles. The van der Waals surface area contributed by atoms with Crippen molar-refractivity contribution in [2.45, 2.75) is 4.95 Å². The van der Waals surface area contributed by atoms with Gasteiger partial charge in [-0.2, -0.15) is 0 Å². The molecule has 0 saturated heterocycles. The third-order valence-electron chi connectivity index (χ3n) is 1.67. The molecule has 0 aliphatic carbocycles. The quantitative estimate of drug-likeness (QED) is 0.596. The highest BCUT2D eigenvalue weighted by atomic mass is 79.9. The maximum atomic E-state index is 13.3. The average molecular weight is 311 g/mol. The van der Waals surface area contributed by atoms with Gasteiger partial charge in [-0.05, 0) is 32.3 Å². The Morgan fingerprint density at radius 2 is 2.00 bits per heavy atom. The molecule has 1 aromatic rings. The van der Waals surface area contributed by atoms with Crippen LogP contribution in [0.5, 0.6) is 0 Å². The van der Waals surface area contributed by atoms with Crippen molar-refractivity contribution >= 4 is 31.9 Å². The summed E-state index contributed by atoms with van der Waals surface area (Å²) < 4.78 is 14.2. The van der Waals surface area contributed by atoms with Crippen LogP contribution in [0.4, 0.5) is 4.39 Å². The Kier molecular flexibility index (Phi) is 3.88. The molecule has 72 valence electrons. The van der Waals surface area contributed by atoms with Crippen molar-refractivity contribution in [1.29, 1.82) is 0 Å². The van der Waals surface area contributed by atoms with Crippen LogP contribution in [-0.2, 0) is 0 Å². The topological polar surface area (TPSA) is 3.24 Å². The van der Waals surface area contributed by atoms with Crippen molar-refractivity contribution in [2.75, 3.05) is 14.1 Å². The van der Waals surface area contributed by atoms with E-state index in [1.807, 2.05) is 19.0 Å². The SMILES string of the molecule is CN(C)C(Br)c1cc(Br)ccc1F.